The van der Waals surface area contributed by atoms with Gasteiger partial charge in [0, 0.05) is 10.6 Å². The summed E-state index contributed by atoms with van der Waals surface area (Å²) in [6.07, 6.45) is 3.48. The third-order valence-corrected chi connectivity index (χ3v) is 7.07. The molecule has 0 amide bonds. The molecule has 1 aliphatic rings. The highest BCUT2D eigenvalue weighted by molar-refractivity contribution is 7.07. The van der Waals surface area contributed by atoms with E-state index in [1.807, 2.05) is 48.5 Å². The lowest BCUT2D eigenvalue weighted by atomic mass is 9.96. The fourth-order valence-electron chi connectivity index (χ4n) is 4.05. The van der Waals surface area contributed by atoms with Crippen LogP contribution in [0.3, 0.4) is 0 Å². The van der Waals surface area contributed by atoms with Crippen molar-refractivity contribution in [1.29, 1.82) is 0 Å². The van der Waals surface area contributed by atoms with Gasteiger partial charge < -0.3 is 9.47 Å². The van der Waals surface area contributed by atoms with Gasteiger partial charge in [-0.05, 0) is 51.0 Å². The third-order valence-electron chi connectivity index (χ3n) is 5.75. The fraction of sp³-hybridized carbons (Fsp3) is 0.321. The maximum Gasteiger partial charge on any atom is 0.338 e. The highest BCUT2D eigenvalue weighted by Gasteiger charge is 2.34. The molecule has 6 nitrogen and oxygen atoms in total. The second-order valence-electron chi connectivity index (χ2n) is 8.80. The third kappa shape index (κ3) is 5.32. The van der Waals surface area contributed by atoms with Crippen LogP contribution in [0.15, 0.2) is 69.6 Å². The molecule has 0 N–H and O–H groups in total. The number of aromatic nitrogens is 1. The fourth-order valence-corrected chi connectivity index (χ4v) is 5.33. The van der Waals surface area contributed by atoms with Crippen LogP contribution in [0.1, 0.15) is 57.7 Å². The number of thiazole rings is 1. The molecule has 2 heterocycles. The lowest BCUT2D eigenvalue weighted by Crippen LogP contribution is -2.40. The predicted molar refractivity (Wildman–Crippen MR) is 143 cm³/mol. The van der Waals surface area contributed by atoms with Crippen LogP contribution in [0, 0.1) is 0 Å². The number of para-hydroxylation sites is 1. The summed E-state index contributed by atoms with van der Waals surface area (Å²) in [6.45, 7) is 8.05. The summed E-state index contributed by atoms with van der Waals surface area (Å²) in [5, 5.41) is 0.455. The maximum absolute atomic E-state index is 13.8. The van der Waals surface area contributed by atoms with Gasteiger partial charge in [-0.25, -0.2) is 9.79 Å². The smallest absolute Gasteiger partial charge is 0.338 e. The molecule has 1 aliphatic heterocycles. The molecule has 0 bridgehead atoms. The highest BCUT2D eigenvalue weighted by Crippen LogP contribution is 2.34. The van der Waals surface area contributed by atoms with E-state index in [0.717, 1.165) is 24.2 Å². The molecular formula is C28H29ClN2O4S. The number of rotatable bonds is 8. The largest absolute Gasteiger partial charge is 0.493 e. The Morgan fingerprint density at radius 1 is 1.19 bits per heavy atom. The Labute approximate surface area is 219 Å². The number of carbonyl (C=O) groups is 1. The van der Waals surface area contributed by atoms with Crippen molar-refractivity contribution >= 4 is 35.0 Å². The molecule has 4 rings (SSSR count). The van der Waals surface area contributed by atoms with Gasteiger partial charge in [0.25, 0.3) is 5.56 Å². The topological polar surface area (TPSA) is 69.9 Å². The standard InChI is InChI=1S/C28H29ClN2O4S/c1-5-6-15-34-22-14-10-7-11-19(22)16-23-26(32)31-25(20-12-8-9-13-21(20)29)24(27(33)35-17(2)3)18(4)30-28(31)36-23/h7-14,16-17,25H,5-6,15H2,1-4H3. The summed E-state index contributed by atoms with van der Waals surface area (Å²) < 4.78 is 13.5. The summed E-state index contributed by atoms with van der Waals surface area (Å²) in [5.41, 5.74) is 2.00. The number of halogens is 1. The van der Waals surface area contributed by atoms with Gasteiger partial charge in [0.05, 0.1) is 28.5 Å². The number of hydrogen-bond acceptors (Lipinski definition) is 6. The number of benzene rings is 2. The average molecular weight is 525 g/mol. The van der Waals surface area contributed by atoms with Crippen molar-refractivity contribution < 1.29 is 14.3 Å². The molecule has 3 aromatic rings. The van der Waals surface area contributed by atoms with E-state index in [-0.39, 0.29) is 11.7 Å². The monoisotopic (exact) mass is 524 g/mol. The number of esters is 1. The molecule has 1 unspecified atom stereocenters. The van der Waals surface area contributed by atoms with Gasteiger partial charge in [-0.1, -0.05) is 72.7 Å². The maximum atomic E-state index is 13.8. The number of nitrogens with zero attached hydrogens (tertiary/aromatic N) is 2. The molecule has 0 saturated heterocycles. The molecule has 0 aliphatic carbocycles. The van der Waals surface area contributed by atoms with Gasteiger partial charge in [0.2, 0.25) is 0 Å². The molecule has 1 atom stereocenters. The average Bonchev–Trinajstić information content (AvgIpc) is 3.13. The van der Waals surface area contributed by atoms with Crippen molar-refractivity contribution in [2.24, 2.45) is 4.99 Å². The summed E-state index contributed by atoms with van der Waals surface area (Å²) in [4.78, 5) is 32.1. The van der Waals surface area contributed by atoms with E-state index in [9.17, 15) is 9.59 Å². The van der Waals surface area contributed by atoms with Crippen LogP contribution in [0.25, 0.3) is 6.08 Å². The first-order valence-electron chi connectivity index (χ1n) is 12.0. The van der Waals surface area contributed by atoms with Crippen molar-refractivity contribution in [1.82, 2.24) is 4.57 Å². The molecule has 0 spiro atoms. The van der Waals surface area contributed by atoms with Crippen molar-refractivity contribution in [3.8, 4) is 5.75 Å². The van der Waals surface area contributed by atoms with Crippen molar-refractivity contribution in [2.75, 3.05) is 6.61 Å². The van der Waals surface area contributed by atoms with Crippen LogP contribution >= 0.6 is 22.9 Å². The Balaban J connectivity index is 1.90. The van der Waals surface area contributed by atoms with Crippen LogP contribution in [-0.4, -0.2) is 23.2 Å². The zero-order chi connectivity index (χ0) is 25.8. The molecule has 188 valence electrons. The quantitative estimate of drug-likeness (QED) is 0.306. The van der Waals surface area contributed by atoms with Crippen LogP contribution < -0.4 is 19.6 Å². The Bertz CT molecular complexity index is 1490. The molecule has 1 aromatic heterocycles. The summed E-state index contributed by atoms with van der Waals surface area (Å²) >= 11 is 7.85. The van der Waals surface area contributed by atoms with Gasteiger partial charge in [-0.2, -0.15) is 0 Å². The SMILES string of the molecule is CCCCOc1ccccc1C=c1sc2n(c1=O)C(c1ccccc1Cl)C(C(=O)OC(C)C)=C(C)N=2. The van der Waals surface area contributed by atoms with E-state index in [1.165, 1.54) is 11.3 Å². The summed E-state index contributed by atoms with van der Waals surface area (Å²) in [6, 6.07) is 14.1. The zero-order valence-electron chi connectivity index (χ0n) is 20.8. The number of hydrogen-bond donors (Lipinski definition) is 0. The van der Waals surface area contributed by atoms with Gasteiger partial charge in [0.1, 0.15) is 11.8 Å². The van der Waals surface area contributed by atoms with E-state index in [0.29, 0.717) is 37.8 Å². The Kier molecular flexibility index (Phi) is 8.11. The predicted octanol–water partition coefficient (Wildman–Crippen LogP) is 5.02. The van der Waals surface area contributed by atoms with Gasteiger partial charge >= 0.3 is 5.97 Å². The normalized spacial score (nSPS) is 15.6. The minimum Gasteiger partial charge on any atom is -0.493 e. The molecule has 2 aromatic carbocycles. The Morgan fingerprint density at radius 3 is 2.64 bits per heavy atom. The number of unbranched alkanes of at least 4 members (excludes halogenated alkanes) is 1. The highest BCUT2D eigenvalue weighted by atomic mass is 35.5. The number of allylic oxidation sites excluding steroid dienone is 1. The summed E-state index contributed by atoms with van der Waals surface area (Å²) in [7, 11) is 0. The molecular weight excluding hydrogens is 496 g/mol. The Morgan fingerprint density at radius 2 is 1.92 bits per heavy atom. The van der Waals surface area contributed by atoms with Crippen LogP contribution in [0.2, 0.25) is 5.02 Å². The van der Waals surface area contributed by atoms with E-state index in [4.69, 9.17) is 21.1 Å². The Hall–Kier alpha value is -3.16. The second kappa shape index (κ2) is 11.3. The minimum absolute atomic E-state index is 0.255. The summed E-state index contributed by atoms with van der Waals surface area (Å²) in [5.74, 6) is 0.205. The van der Waals surface area contributed by atoms with E-state index in [1.54, 1.807) is 31.4 Å². The van der Waals surface area contributed by atoms with Gasteiger partial charge in [-0.3, -0.25) is 9.36 Å². The van der Waals surface area contributed by atoms with Crippen LogP contribution in [0.4, 0.5) is 0 Å². The molecule has 0 fully saturated rings. The minimum atomic E-state index is -0.751. The van der Waals surface area contributed by atoms with Crippen LogP contribution in [0.5, 0.6) is 5.75 Å². The lowest BCUT2D eigenvalue weighted by Gasteiger charge is -2.26. The van der Waals surface area contributed by atoms with Gasteiger partial charge in [-0.15, -0.1) is 0 Å². The second-order valence-corrected chi connectivity index (χ2v) is 10.2. The number of fused-ring (bicyclic) bond motifs is 1. The van der Waals surface area contributed by atoms with E-state index in [2.05, 4.69) is 11.9 Å². The zero-order valence-corrected chi connectivity index (χ0v) is 22.4. The van der Waals surface area contributed by atoms with E-state index >= 15 is 0 Å². The van der Waals surface area contributed by atoms with Crippen molar-refractivity contribution in [3.05, 3.63) is 95.6 Å². The first-order valence-corrected chi connectivity index (χ1v) is 13.2. The number of carbonyl (C=O) groups excluding carboxylic acids is 1. The van der Waals surface area contributed by atoms with Crippen molar-refractivity contribution in [2.45, 2.75) is 52.7 Å². The molecule has 36 heavy (non-hydrogen) atoms. The molecule has 0 saturated carbocycles. The van der Waals surface area contributed by atoms with Gasteiger partial charge in [0.15, 0.2) is 4.80 Å². The number of ether oxygens (including phenoxy) is 2. The molecule has 0 radical (unpaired) electrons. The molecule has 8 heteroatoms. The van der Waals surface area contributed by atoms with Crippen LogP contribution in [-0.2, 0) is 9.53 Å². The first-order chi connectivity index (χ1) is 17.3. The van der Waals surface area contributed by atoms with E-state index < -0.39 is 12.0 Å². The first kappa shape index (κ1) is 25.9. The van der Waals surface area contributed by atoms with Crippen molar-refractivity contribution in [3.63, 3.8) is 0 Å². The lowest BCUT2D eigenvalue weighted by molar-refractivity contribution is -0.143.